The molecule has 3 heterocycles. The van der Waals surface area contributed by atoms with Crippen molar-refractivity contribution in [3.05, 3.63) is 24.0 Å². The maximum absolute atomic E-state index is 13.5. The second-order valence-electron chi connectivity index (χ2n) is 9.12. The molecule has 3 atom stereocenters. The number of carbonyl (C=O) groups is 1. The van der Waals surface area contributed by atoms with Crippen molar-refractivity contribution < 1.29 is 27.8 Å². The molecule has 4 N–H and O–H groups in total. The second-order valence-corrected chi connectivity index (χ2v) is 9.12. The molecule has 0 saturated carbocycles. The number of allylic oxidation sites excluding steroid dienone is 1. The number of hydrogen-bond acceptors (Lipinski definition) is 7. The van der Waals surface area contributed by atoms with E-state index in [1.165, 1.54) is 11.0 Å². The van der Waals surface area contributed by atoms with Gasteiger partial charge in [-0.3, -0.25) is 4.79 Å². The molecule has 186 valence electrons. The van der Waals surface area contributed by atoms with Gasteiger partial charge in [-0.1, -0.05) is 18.6 Å². The van der Waals surface area contributed by atoms with Crippen LogP contribution in [0.1, 0.15) is 45.4 Å². The monoisotopic (exact) mass is 473 g/mol. The Kier molecular flexibility index (Phi) is 7.94. The number of aliphatic imine (C=N–C) groups is 1. The smallest absolute Gasteiger partial charge is 0.415 e. The predicted octanol–water partition coefficient (Wildman–Crippen LogP) is 2.64. The Labute approximate surface area is 192 Å². The Bertz CT molecular complexity index is 791. The van der Waals surface area contributed by atoms with E-state index in [4.69, 9.17) is 10.5 Å². The second kappa shape index (κ2) is 10.3. The van der Waals surface area contributed by atoms with Crippen molar-refractivity contribution in [1.29, 1.82) is 0 Å². The van der Waals surface area contributed by atoms with Crippen LogP contribution in [-0.4, -0.2) is 78.1 Å². The molecule has 3 aliphatic heterocycles. The van der Waals surface area contributed by atoms with Gasteiger partial charge in [0.25, 0.3) is 0 Å². The summed E-state index contributed by atoms with van der Waals surface area (Å²) in [4.78, 5) is 19.1. The maximum Gasteiger partial charge on any atom is 0.415 e. The molecule has 8 nitrogen and oxygen atoms in total. The van der Waals surface area contributed by atoms with Gasteiger partial charge in [0.15, 0.2) is 18.3 Å². The van der Waals surface area contributed by atoms with Gasteiger partial charge in [-0.05, 0) is 38.0 Å². The third kappa shape index (κ3) is 6.20. The van der Waals surface area contributed by atoms with Gasteiger partial charge < -0.3 is 30.7 Å². The van der Waals surface area contributed by atoms with Crippen LogP contribution >= 0.6 is 0 Å². The summed E-state index contributed by atoms with van der Waals surface area (Å²) in [6.07, 6.45) is 0.973. The minimum absolute atomic E-state index is 0.0196. The van der Waals surface area contributed by atoms with Gasteiger partial charge in [0.1, 0.15) is 11.9 Å². The van der Waals surface area contributed by atoms with Crippen molar-refractivity contribution in [2.24, 2.45) is 16.1 Å². The van der Waals surface area contributed by atoms with Crippen LogP contribution in [-0.2, 0) is 9.53 Å². The molecule has 2 saturated heterocycles. The quantitative estimate of drug-likeness (QED) is 0.510. The summed E-state index contributed by atoms with van der Waals surface area (Å²) in [6.45, 7) is 3.64. The van der Waals surface area contributed by atoms with Crippen molar-refractivity contribution in [3.63, 3.8) is 0 Å². The average molecular weight is 474 g/mol. The minimum Gasteiger partial charge on any atom is -0.480 e. The average Bonchev–Trinajstić information content (AvgIpc) is 2.96. The lowest BCUT2D eigenvalue weighted by Gasteiger charge is -2.43. The number of alkyl halides is 3. The van der Waals surface area contributed by atoms with E-state index < -0.39 is 30.5 Å². The maximum atomic E-state index is 13.5. The SMILES string of the molecule is C/C=C\CC(OC1C=C(N2CCC3(CCC[C@@H](C(=O)O)NC3)CC2)N=C(N)N1C)C(F)(F)F. The van der Waals surface area contributed by atoms with Gasteiger partial charge in [0.05, 0.1) is 0 Å². The molecule has 2 fully saturated rings. The highest BCUT2D eigenvalue weighted by atomic mass is 19.4. The molecule has 3 rings (SSSR count). The Hall–Kier alpha value is -2.27. The zero-order chi connectivity index (χ0) is 24.2. The van der Waals surface area contributed by atoms with E-state index in [-0.39, 0.29) is 17.8 Å². The first-order chi connectivity index (χ1) is 15.5. The summed E-state index contributed by atoms with van der Waals surface area (Å²) < 4.78 is 45.9. The Balaban J connectivity index is 1.68. The van der Waals surface area contributed by atoms with Crippen molar-refractivity contribution in [2.75, 3.05) is 26.7 Å². The number of rotatable bonds is 6. The Morgan fingerprint density at radius 1 is 1.42 bits per heavy atom. The lowest BCUT2D eigenvalue weighted by atomic mass is 9.75. The summed E-state index contributed by atoms with van der Waals surface area (Å²) in [7, 11) is 1.56. The summed E-state index contributed by atoms with van der Waals surface area (Å²) in [5.41, 5.74) is 6.04. The van der Waals surface area contributed by atoms with Crippen LogP contribution in [0.3, 0.4) is 0 Å². The number of piperidine rings is 1. The molecule has 3 aliphatic rings. The molecule has 0 aromatic heterocycles. The van der Waals surface area contributed by atoms with Crippen LogP contribution in [0.5, 0.6) is 0 Å². The predicted molar refractivity (Wildman–Crippen MR) is 118 cm³/mol. The summed E-state index contributed by atoms with van der Waals surface area (Å²) in [5.74, 6) is -0.198. The molecule has 33 heavy (non-hydrogen) atoms. The lowest BCUT2D eigenvalue weighted by molar-refractivity contribution is -0.236. The van der Waals surface area contributed by atoms with Gasteiger partial charge in [-0.25, -0.2) is 0 Å². The zero-order valence-corrected chi connectivity index (χ0v) is 19.1. The molecule has 0 aromatic rings. The molecule has 11 heteroatoms. The number of halogens is 3. The minimum atomic E-state index is -4.50. The van der Waals surface area contributed by atoms with Crippen molar-refractivity contribution in [3.8, 4) is 0 Å². The number of hydrogen-bond donors (Lipinski definition) is 3. The van der Waals surface area contributed by atoms with E-state index in [1.807, 2.05) is 4.90 Å². The van der Waals surface area contributed by atoms with Crippen LogP contribution < -0.4 is 11.1 Å². The molecular weight excluding hydrogens is 439 g/mol. The number of aliphatic carboxylic acids is 1. The largest absolute Gasteiger partial charge is 0.480 e. The molecule has 0 bridgehead atoms. The van der Waals surface area contributed by atoms with Gasteiger partial charge in [0.2, 0.25) is 0 Å². The van der Waals surface area contributed by atoms with Crippen molar-refractivity contribution in [1.82, 2.24) is 15.1 Å². The van der Waals surface area contributed by atoms with Crippen LogP contribution in [0.15, 0.2) is 29.0 Å². The number of likely N-dealkylation sites (tertiary alicyclic amines) is 1. The number of ether oxygens (including phenoxy) is 1. The Morgan fingerprint density at radius 2 is 2.12 bits per heavy atom. The number of guanidine groups is 1. The van der Waals surface area contributed by atoms with Crippen LogP contribution in [0, 0.1) is 5.41 Å². The van der Waals surface area contributed by atoms with E-state index >= 15 is 0 Å². The summed E-state index contributed by atoms with van der Waals surface area (Å²) >= 11 is 0. The lowest BCUT2D eigenvalue weighted by Crippen LogP contribution is -2.50. The van der Waals surface area contributed by atoms with Crippen molar-refractivity contribution >= 4 is 11.9 Å². The highest BCUT2D eigenvalue weighted by Crippen LogP contribution is 2.39. The van der Waals surface area contributed by atoms with E-state index in [0.717, 1.165) is 25.7 Å². The fraction of sp³-hybridized carbons (Fsp3) is 0.727. The number of carboxylic acid groups (broad SMARTS) is 1. The van der Waals surface area contributed by atoms with Crippen LogP contribution in [0.25, 0.3) is 0 Å². The number of likely N-dealkylation sites (N-methyl/N-ethyl adjacent to an activating group) is 1. The van der Waals surface area contributed by atoms with E-state index in [1.54, 1.807) is 26.1 Å². The van der Waals surface area contributed by atoms with Gasteiger partial charge >= 0.3 is 12.1 Å². The fourth-order valence-electron chi connectivity index (χ4n) is 4.66. The standard InChI is InChI=1S/C22H34F3N5O3/c1-3-4-7-16(22(23,24)25)33-18-13-17(28-20(26)29(18)2)30-11-9-21(10-12-30)8-5-6-15(19(31)32)27-14-21/h3-4,13,15-16,18,27H,5-12,14H2,1-2H3,(H2,26,28)(H,31,32)/b4-3-/t15-,16?,18?/m0/s1. The molecule has 1 spiro atoms. The third-order valence-electron chi connectivity index (χ3n) is 6.89. The van der Waals surface area contributed by atoms with E-state index in [2.05, 4.69) is 10.3 Å². The molecular formula is C22H34F3N5O3. The summed E-state index contributed by atoms with van der Waals surface area (Å²) in [6, 6.07) is -0.509. The van der Waals surface area contributed by atoms with Crippen molar-refractivity contribution in [2.45, 2.75) is 70.0 Å². The van der Waals surface area contributed by atoms with E-state index in [0.29, 0.717) is 31.9 Å². The first-order valence-corrected chi connectivity index (χ1v) is 11.4. The highest BCUT2D eigenvalue weighted by molar-refractivity contribution is 5.80. The first-order valence-electron chi connectivity index (χ1n) is 11.4. The Morgan fingerprint density at radius 3 is 2.73 bits per heavy atom. The number of nitrogens with one attached hydrogen (secondary N) is 1. The molecule has 0 aliphatic carbocycles. The number of carboxylic acids is 1. The normalized spacial score (nSPS) is 27.3. The van der Waals surface area contributed by atoms with Gasteiger partial charge in [-0.2, -0.15) is 18.2 Å². The number of nitrogens with two attached hydrogens (primary N) is 1. The molecule has 2 unspecified atom stereocenters. The van der Waals surface area contributed by atoms with Gasteiger partial charge in [0, 0.05) is 39.2 Å². The molecule has 0 amide bonds. The molecule has 0 radical (unpaired) electrons. The zero-order valence-electron chi connectivity index (χ0n) is 19.1. The van der Waals surface area contributed by atoms with Crippen LogP contribution in [0.4, 0.5) is 13.2 Å². The first kappa shape index (κ1) is 25.4. The summed E-state index contributed by atoms with van der Waals surface area (Å²) in [5, 5.41) is 12.5. The number of nitrogens with zero attached hydrogens (tertiary/aromatic N) is 3. The van der Waals surface area contributed by atoms with Gasteiger partial charge in [-0.15, -0.1) is 0 Å². The highest BCUT2D eigenvalue weighted by Gasteiger charge is 2.43. The van der Waals surface area contributed by atoms with E-state index in [9.17, 15) is 23.1 Å². The molecule has 0 aromatic carbocycles. The topological polar surface area (TPSA) is 103 Å². The van der Waals surface area contributed by atoms with Crippen LogP contribution in [0.2, 0.25) is 0 Å². The third-order valence-corrected chi connectivity index (χ3v) is 6.89. The fourth-order valence-corrected chi connectivity index (χ4v) is 4.66.